The second-order valence-electron chi connectivity index (χ2n) is 4.38. The van der Waals surface area contributed by atoms with Gasteiger partial charge >= 0.3 is 6.03 Å². The summed E-state index contributed by atoms with van der Waals surface area (Å²) in [6, 6.07) is 7.11. The van der Waals surface area contributed by atoms with Gasteiger partial charge in [-0.15, -0.1) is 0 Å². The molecule has 1 atom stereocenters. The highest BCUT2D eigenvalue weighted by atomic mass is 16.2. The number of benzene rings is 1. The van der Waals surface area contributed by atoms with E-state index >= 15 is 0 Å². The Labute approximate surface area is 111 Å². The van der Waals surface area contributed by atoms with Crippen LogP contribution in [0, 0.1) is 0 Å². The predicted molar refractivity (Wildman–Crippen MR) is 74.9 cm³/mol. The summed E-state index contributed by atoms with van der Waals surface area (Å²) in [5.41, 5.74) is 7.82. The highest BCUT2D eigenvalue weighted by Gasteiger charge is 2.06. The molecule has 6 nitrogen and oxygen atoms in total. The van der Waals surface area contributed by atoms with Gasteiger partial charge in [0, 0.05) is 25.0 Å². The molecule has 0 aliphatic carbocycles. The molecule has 19 heavy (non-hydrogen) atoms. The summed E-state index contributed by atoms with van der Waals surface area (Å²) in [5, 5.41) is 9.98. The number of primary amides is 1. The molecule has 0 saturated carbocycles. The maximum Gasteiger partial charge on any atom is 0.316 e. The molecule has 0 saturated heterocycles. The molecule has 1 aromatic heterocycles. The standard InChI is InChI=1S/C13H17N5O/c1-9(16-12-7-15-18(2)8-12)10-3-5-11(6-4-10)17-13(14)19/h3-9,16H,1-2H3,(H3,14,17,19). The van der Waals surface area contributed by atoms with Gasteiger partial charge in [0.1, 0.15) is 0 Å². The molecule has 0 aliphatic heterocycles. The minimum atomic E-state index is -0.561. The second kappa shape index (κ2) is 5.43. The lowest BCUT2D eigenvalue weighted by atomic mass is 10.1. The van der Waals surface area contributed by atoms with Crippen LogP contribution >= 0.6 is 0 Å². The SMILES string of the molecule is CC(Nc1cnn(C)c1)c1ccc(NC(N)=O)cc1. The number of carbonyl (C=O) groups is 1. The van der Waals surface area contributed by atoms with E-state index in [2.05, 4.69) is 22.7 Å². The van der Waals surface area contributed by atoms with E-state index in [1.165, 1.54) is 0 Å². The average molecular weight is 259 g/mol. The second-order valence-corrected chi connectivity index (χ2v) is 4.38. The van der Waals surface area contributed by atoms with E-state index in [-0.39, 0.29) is 6.04 Å². The van der Waals surface area contributed by atoms with Gasteiger partial charge < -0.3 is 16.4 Å². The van der Waals surface area contributed by atoms with Gasteiger partial charge in [0.2, 0.25) is 0 Å². The Morgan fingerprint density at radius 1 is 1.32 bits per heavy atom. The lowest BCUT2D eigenvalue weighted by Crippen LogP contribution is -2.19. The molecule has 0 bridgehead atoms. The van der Waals surface area contributed by atoms with E-state index in [4.69, 9.17) is 5.73 Å². The van der Waals surface area contributed by atoms with Crippen molar-refractivity contribution in [2.75, 3.05) is 10.6 Å². The third kappa shape index (κ3) is 3.48. The molecule has 100 valence electrons. The van der Waals surface area contributed by atoms with Gasteiger partial charge in [0.05, 0.1) is 11.9 Å². The molecule has 2 rings (SSSR count). The molecule has 0 spiro atoms. The summed E-state index contributed by atoms with van der Waals surface area (Å²) >= 11 is 0. The van der Waals surface area contributed by atoms with Crippen LogP contribution in [-0.2, 0) is 7.05 Å². The zero-order chi connectivity index (χ0) is 13.8. The molecule has 1 aromatic carbocycles. The van der Waals surface area contributed by atoms with Crippen molar-refractivity contribution in [1.29, 1.82) is 0 Å². The summed E-state index contributed by atoms with van der Waals surface area (Å²) in [5.74, 6) is 0. The first-order valence-electron chi connectivity index (χ1n) is 5.96. The number of urea groups is 1. The van der Waals surface area contributed by atoms with Gasteiger partial charge in [0.15, 0.2) is 0 Å². The van der Waals surface area contributed by atoms with Crippen molar-refractivity contribution in [3.63, 3.8) is 0 Å². The van der Waals surface area contributed by atoms with E-state index in [0.717, 1.165) is 11.3 Å². The summed E-state index contributed by atoms with van der Waals surface area (Å²) in [6.07, 6.45) is 3.69. The van der Waals surface area contributed by atoms with Crippen molar-refractivity contribution < 1.29 is 4.79 Å². The van der Waals surface area contributed by atoms with Crippen molar-refractivity contribution in [2.45, 2.75) is 13.0 Å². The predicted octanol–water partition coefficient (Wildman–Crippen LogP) is 2.08. The molecule has 4 N–H and O–H groups in total. The number of carbonyl (C=O) groups excluding carboxylic acids is 1. The van der Waals surface area contributed by atoms with Crippen LogP contribution in [0.2, 0.25) is 0 Å². The van der Waals surface area contributed by atoms with E-state index in [9.17, 15) is 4.79 Å². The summed E-state index contributed by atoms with van der Waals surface area (Å²) in [4.78, 5) is 10.7. The van der Waals surface area contributed by atoms with E-state index < -0.39 is 6.03 Å². The Morgan fingerprint density at radius 3 is 2.53 bits per heavy atom. The van der Waals surface area contributed by atoms with Gasteiger partial charge in [-0.3, -0.25) is 4.68 Å². The first-order chi connectivity index (χ1) is 9.04. The number of hydrogen-bond acceptors (Lipinski definition) is 3. The molecule has 1 unspecified atom stereocenters. The summed E-state index contributed by atoms with van der Waals surface area (Å²) in [6.45, 7) is 2.06. The van der Waals surface area contributed by atoms with Crippen molar-refractivity contribution in [1.82, 2.24) is 9.78 Å². The van der Waals surface area contributed by atoms with Crippen molar-refractivity contribution >= 4 is 17.4 Å². The average Bonchev–Trinajstić information content (AvgIpc) is 2.75. The number of amides is 2. The quantitative estimate of drug-likeness (QED) is 0.785. The Bertz CT molecular complexity index is 561. The number of aryl methyl sites for hydroxylation is 1. The van der Waals surface area contributed by atoms with Crippen LogP contribution in [0.25, 0.3) is 0 Å². The van der Waals surface area contributed by atoms with Gasteiger partial charge in [-0.05, 0) is 24.6 Å². The summed E-state index contributed by atoms with van der Waals surface area (Å²) < 4.78 is 1.74. The number of aromatic nitrogens is 2. The fourth-order valence-corrected chi connectivity index (χ4v) is 1.83. The molecule has 2 aromatic rings. The molecule has 1 heterocycles. The monoisotopic (exact) mass is 259 g/mol. The van der Waals surface area contributed by atoms with Crippen LogP contribution < -0.4 is 16.4 Å². The van der Waals surface area contributed by atoms with Gasteiger partial charge in [0.25, 0.3) is 0 Å². The first kappa shape index (κ1) is 12.9. The number of rotatable bonds is 4. The Kier molecular flexibility index (Phi) is 3.70. The highest BCUT2D eigenvalue weighted by Crippen LogP contribution is 2.20. The van der Waals surface area contributed by atoms with Gasteiger partial charge in [-0.2, -0.15) is 5.10 Å². The minimum Gasteiger partial charge on any atom is -0.376 e. The first-order valence-corrected chi connectivity index (χ1v) is 5.96. The normalized spacial score (nSPS) is 11.9. The fraction of sp³-hybridized carbons (Fsp3) is 0.231. The van der Waals surface area contributed by atoms with Crippen LogP contribution in [0.3, 0.4) is 0 Å². The van der Waals surface area contributed by atoms with Gasteiger partial charge in [-0.1, -0.05) is 12.1 Å². The molecule has 2 amide bonds. The largest absolute Gasteiger partial charge is 0.376 e. The van der Waals surface area contributed by atoms with Crippen LogP contribution in [0.15, 0.2) is 36.7 Å². The maximum atomic E-state index is 10.7. The number of anilines is 2. The Morgan fingerprint density at radius 2 is 2.00 bits per heavy atom. The Balaban J connectivity index is 2.02. The highest BCUT2D eigenvalue weighted by molar-refractivity contribution is 5.87. The zero-order valence-electron chi connectivity index (χ0n) is 10.9. The third-order valence-electron chi connectivity index (χ3n) is 2.77. The lowest BCUT2D eigenvalue weighted by Gasteiger charge is -2.14. The van der Waals surface area contributed by atoms with Crippen molar-refractivity contribution in [3.05, 3.63) is 42.2 Å². The topological polar surface area (TPSA) is 85.0 Å². The number of nitrogens with one attached hydrogen (secondary N) is 2. The van der Waals surface area contributed by atoms with E-state index in [1.807, 2.05) is 37.5 Å². The third-order valence-corrected chi connectivity index (χ3v) is 2.77. The number of nitrogens with two attached hydrogens (primary N) is 1. The molecule has 6 heteroatoms. The lowest BCUT2D eigenvalue weighted by molar-refractivity contribution is 0.259. The molecule has 0 fully saturated rings. The van der Waals surface area contributed by atoms with Crippen LogP contribution in [-0.4, -0.2) is 15.8 Å². The molecule has 0 aliphatic rings. The van der Waals surface area contributed by atoms with E-state index in [1.54, 1.807) is 10.9 Å². The van der Waals surface area contributed by atoms with Crippen LogP contribution in [0.4, 0.5) is 16.2 Å². The smallest absolute Gasteiger partial charge is 0.316 e. The number of nitrogens with zero attached hydrogens (tertiary/aromatic N) is 2. The fourth-order valence-electron chi connectivity index (χ4n) is 1.83. The van der Waals surface area contributed by atoms with Crippen molar-refractivity contribution in [3.8, 4) is 0 Å². The molecular weight excluding hydrogens is 242 g/mol. The van der Waals surface area contributed by atoms with Crippen LogP contribution in [0.5, 0.6) is 0 Å². The van der Waals surface area contributed by atoms with E-state index in [0.29, 0.717) is 5.69 Å². The minimum absolute atomic E-state index is 0.145. The maximum absolute atomic E-state index is 10.7. The molecule has 0 radical (unpaired) electrons. The molecular formula is C13H17N5O. The number of hydrogen-bond donors (Lipinski definition) is 3. The van der Waals surface area contributed by atoms with Crippen LogP contribution in [0.1, 0.15) is 18.5 Å². The zero-order valence-corrected chi connectivity index (χ0v) is 10.9. The van der Waals surface area contributed by atoms with Gasteiger partial charge in [-0.25, -0.2) is 4.79 Å². The van der Waals surface area contributed by atoms with Crippen molar-refractivity contribution in [2.24, 2.45) is 12.8 Å². The summed E-state index contributed by atoms with van der Waals surface area (Å²) in [7, 11) is 1.88. The Hall–Kier alpha value is -2.50.